The van der Waals surface area contributed by atoms with Crippen molar-refractivity contribution in [2.24, 2.45) is 5.92 Å². The largest absolute Gasteiger partial charge is 0.496 e. The van der Waals surface area contributed by atoms with Gasteiger partial charge in [-0.25, -0.2) is 4.79 Å². The summed E-state index contributed by atoms with van der Waals surface area (Å²) in [5, 5.41) is 8.97. The maximum absolute atomic E-state index is 11.8. The van der Waals surface area contributed by atoms with Crippen LogP contribution in [0.5, 0.6) is 11.5 Å². The molecule has 0 aromatic heterocycles. The maximum atomic E-state index is 11.8. The molecule has 2 heterocycles. The first-order chi connectivity index (χ1) is 11.1. The number of ketones is 1. The van der Waals surface area contributed by atoms with Crippen molar-refractivity contribution < 1.29 is 24.2 Å². The molecule has 6 heteroatoms. The van der Waals surface area contributed by atoms with E-state index in [1.165, 1.54) is 4.90 Å². The molecular formula is C17H19NO5. The summed E-state index contributed by atoms with van der Waals surface area (Å²) in [4.78, 5) is 24.1. The SMILES string of the molecule is COc1ccc2c(c1C=CC1CCN(C(=O)O)CC1)OCC2=O. The second kappa shape index (κ2) is 6.32. The smallest absolute Gasteiger partial charge is 0.407 e. The molecule has 0 atom stereocenters. The van der Waals surface area contributed by atoms with Gasteiger partial charge in [0, 0.05) is 13.1 Å². The fourth-order valence-electron chi connectivity index (χ4n) is 3.02. The lowest BCUT2D eigenvalue weighted by Crippen LogP contribution is -2.36. The van der Waals surface area contributed by atoms with Gasteiger partial charge in [-0.3, -0.25) is 4.79 Å². The minimum absolute atomic E-state index is 0.0212. The molecule has 1 aromatic rings. The van der Waals surface area contributed by atoms with Gasteiger partial charge in [-0.2, -0.15) is 0 Å². The molecule has 23 heavy (non-hydrogen) atoms. The summed E-state index contributed by atoms with van der Waals surface area (Å²) in [6, 6.07) is 3.50. The number of methoxy groups -OCH3 is 1. The van der Waals surface area contributed by atoms with E-state index in [0.29, 0.717) is 36.1 Å². The first kappa shape index (κ1) is 15.4. The molecule has 1 saturated heterocycles. The van der Waals surface area contributed by atoms with Gasteiger partial charge in [-0.1, -0.05) is 12.2 Å². The highest BCUT2D eigenvalue weighted by molar-refractivity contribution is 6.03. The lowest BCUT2D eigenvalue weighted by molar-refractivity contribution is 0.0961. The number of rotatable bonds is 3. The molecule has 1 amide bonds. The predicted molar refractivity (Wildman–Crippen MR) is 84.2 cm³/mol. The number of carbonyl (C=O) groups excluding carboxylic acids is 1. The Balaban J connectivity index is 1.78. The van der Waals surface area contributed by atoms with E-state index in [-0.39, 0.29) is 12.4 Å². The number of carbonyl (C=O) groups is 2. The van der Waals surface area contributed by atoms with E-state index in [1.54, 1.807) is 19.2 Å². The molecule has 0 unspecified atom stereocenters. The zero-order valence-electron chi connectivity index (χ0n) is 12.9. The number of hydrogen-bond acceptors (Lipinski definition) is 4. The Hall–Kier alpha value is -2.50. The van der Waals surface area contributed by atoms with Crippen LogP contribution in [0, 0.1) is 5.92 Å². The molecule has 2 aliphatic heterocycles. The molecule has 0 aliphatic carbocycles. The van der Waals surface area contributed by atoms with Crippen LogP contribution < -0.4 is 9.47 Å². The Kier molecular flexibility index (Phi) is 4.23. The number of fused-ring (bicyclic) bond motifs is 1. The Morgan fingerprint density at radius 1 is 1.39 bits per heavy atom. The van der Waals surface area contributed by atoms with Crippen molar-refractivity contribution in [3.8, 4) is 11.5 Å². The number of piperidine rings is 1. The maximum Gasteiger partial charge on any atom is 0.407 e. The Labute approximate surface area is 134 Å². The van der Waals surface area contributed by atoms with Gasteiger partial charge < -0.3 is 19.5 Å². The Bertz CT molecular complexity index is 659. The number of allylic oxidation sites excluding steroid dienone is 1. The number of carboxylic acid groups (broad SMARTS) is 1. The average molecular weight is 317 g/mol. The second-order valence-electron chi connectivity index (χ2n) is 5.74. The van der Waals surface area contributed by atoms with Crippen LogP contribution in [0.4, 0.5) is 4.79 Å². The van der Waals surface area contributed by atoms with Gasteiger partial charge in [-0.15, -0.1) is 0 Å². The molecule has 122 valence electrons. The van der Waals surface area contributed by atoms with Crippen molar-refractivity contribution in [2.45, 2.75) is 12.8 Å². The second-order valence-corrected chi connectivity index (χ2v) is 5.74. The third-order valence-corrected chi connectivity index (χ3v) is 4.37. The highest BCUT2D eigenvalue weighted by Gasteiger charge is 2.26. The number of nitrogens with zero attached hydrogens (tertiary/aromatic N) is 1. The number of ether oxygens (including phenoxy) is 2. The topological polar surface area (TPSA) is 76.1 Å². The predicted octanol–water partition coefficient (Wildman–Crippen LogP) is 2.67. The summed E-state index contributed by atoms with van der Waals surface area (Å²) in [5.41, 5.74) is 1.36. The standard InChI is InChI=1S/C17H19NO5/c1-22-15-5-4-12-14(19)10-23-16(12)13(15)3-2-11-6-8-18(9-7-11)17(20)21/h2-5,11H,6-10H2,1H3,(H,20,21). The molecular weight excluding hydrogens is 298 g/mol. The minimum atomic E-state index is -0.859. The van der Waals surface area contributed by atoms with E-state index in [4.69, 9.17) is 14.6 Å². The van der Waals surface area contributed by atoms with Gasteiger partial charge >= 0.3 is 6.09 Å². The minimum Gasteiger partial charge on any atom is -0.496 e. The van der Waals surface area contributed by atoms with Gasteiger partial charge in [0.05, 0.1) is 18.2 Å². The molecule has 0 bridgehead atoms. The average Bonchev–Trinajstić information content (AvgIpc) is 2.94. The fourth-order valence-corrected chi connectivity index (χ4v) is 3.02. The first-order valence-electron chi connectivity index (χ1n) is 7.63. The van der Waals surface area contributed by atoms with Crippen molar-refractivity contribution >= 4 is 18.0 Å². The van der Waals surface area contributed by atoms with Crippen LogP contribution >= 0.6 is 0 Å². The summed E-state index contributed by atoms with van der Waals surface area (Å²) in [6.45, 7) is 1.16. The Morgan fingerprint density at radius 3 is 2.78 bits per heavy atom. The molecule has 1 aromatic carbocycles. The number of hydrogen-bond donors (Lipinski definition) is 1. The van der Waals surface area contributed by atoms with Crippen molar-refractivity contribution in [1.29, 1.82) is 0 Å². The van der Waals surface area contributed by atoms with Crippen LogP contribution in [-0.4, -0.2) is 48.7 Å². The fraction of sp³-hybridized carbons (Fsp3) is 0.412. The summed E-state index contributed by atoms with van der Waals surface area (Å²) < 4.78 is 10.9. The van der Waals surface area contributed by atoms with E-state index in [9.17, 15) is 9.59 Å². The van der Waals surface area contributed by atoms with Gasteiger partial charge in [0.15, 0.2) is 6.61 Å². The third-order valence-electron chi connectivity index (χ3n) is 4.37. The molecule has 1 fully saturated rings. The van der Waals surface area contributed by atoms with Crippen molar-refractivity contribution in [3.05, 3.63) is 29.3 Å². The molecule has 3 rings (SSSR count). The van der Waals surface area contributed by atoms with Crippen molar-refractivity contribution in [3.63, 3.8) is 0 Å². The van der Waals surface area contributed by atoms with Crippen LogP contribution in [0.1, 0.15) is 28.8 Å². The van der Waals surface area contributed by atoms with Gasteiger partial charge in [0.2, 0.25) is 5.78 Å². The molecule has 0 spiro atoms. The number of benzene rings is 1. The molecule has 1 N–H and O–H groups in total. The zero-order chi connectivity index (χ0) is 16.4. The van der Waals surface area contributed by atoms with Gasteiger partial charge in [0.1, 0.15) is 11.5 Å². The van der Waals surface area contributed by atoms with E-state index in [0.717, 1.165) is 18.4 Å². The number of amides is 1. The third kappa shape index (κ3) is 3.02. The van der Waals surface area contributed by atoms with Crippen molar-refractivity contribution in [2.75, 3.05) is 26.8 Å². The molecule has 6 nitrogen and oxygen atoms in total. The van der Waals surface area contributed by atoms with Crippen LogP contribution in [-0.2, 0) is 0 Å². The van der Waals surface area contributed by atoms with E-state index >= 15 is 0 Å². The summed E-state index contributed by atoms with van der Waals surface area (Å²) in [5.74, 6) is 1.53. The normalized spacial score (nSPS) is 18.1. The van der Waals surface area contributed by atoms with E-state index in [2.05, 4.69) is 6.08 Å². The monoisotopic (exact) mass is 317 g/mol. The summed E-state index contributed by atoms with van der Waals surface area (Å²) in [7, 11) is 1.58. The van der Waals surface area contributed by atoms with Crippen LogP contribution in [0.3, 0.4) is 0 Å². The van der Waals surface area contributed by atoms with Gasteiger partial charge in [0.25, 0.3) is 0 Å². The summed E-state index contributed by atoms with van der Waals surface area (Å²) in [6.07, 6.45) is 4.71. The van der Waals surface area contributed by atoms with E-state index in [1.807, 2.05) is 6.08 Å². The Morgan fingerprint density at radius 2 is 2.13 bits per heavy atom. The number of Topliss-reactive ketones (excluding diaryl/α,β-unsaturated/α-hetero) is 1. The molecule has 0 saturated carbocycles. The lowest BCUT2D eigenvalue weighted by Gasteiger charge is -2.28. The molecule has 2 aliphatic rings. The van der Waals surface area contributed by atoms with E-state index < -0.39 is 6.09 Å². The highest BCUT2D eigenvalue weighted by atomic mass is 16.5. The number of likely N-dealkylation sites (tertiary alicyclic amines) is 1. The first-order valence-corrected chi connectivity index (χ1v) is 7.63. The molecule has 0 radical (unpaired) electrons. The highest BCUT2D eigenvalue weighted by Crippen LogP contribution is 2.37. The van der Waals surface area contributed by atoms with Crippen LogP contribution in [0.15, 0.2) is 18.2 Å². The van der Waals surface area contributed by atoms with Crippen LogP contribution in [0.2, 0.25) is 0 Å². The van der Waals surface area contributed by atoms with Crippen LogP contribution in [0.25, 0.3) is 6.08 Å². The summed E-state index contributed by atoms with van der Waals surface area (Å²) >= 11 is 0. The van der Waals surface area contributed by atoms with Gasteiger partial charge in [-0.05, 0) is 30.9 Å². The quantitative estimate of drug-likeness (QED) is 0.927. The van der Waals surface area contributed by atoms with Crippen molar-refractivity contribution in [1.82, 2.24) is 4.90 Å². The zero-order valence-corrected chi connectivity index (χ0v) is 12.9. The lowest BCUT2D eigenvalue weighted by atomic mass is 9.95.